The van der Waals surface area contributed by atoms with Crippen molar-refractivity contribution < 1.29 is 4.79 Å². The van der Waals surface area contributed by atoms with Gasteiger partial charge in [0.25, 0.3) is 5.56 Å². The number of rotatable bonds is 6. The number of carbonyl (C=O) groups excluding carboxylic acids is 1. The number of aryl methyl sites for hydroxylation is 1. The summed E-state index contributed by atoms with van der Waals surface area (Å²) in [6.45, 7) is 1.89. The molecule has 0 spiro atoms. The third-order valence-corrected chi connectivity index (χ3v) is 5.77. The van der Waals surface area contributed by atoms with E-state index in [0.717, 1.165) is 11.4 Å². The van der Waals surface area contributed by atoms with Crippen LogP contribution in [0.5, 0.6) is 0 Å². The minimum atomic E-state index is -0.0852. The van der Waals surface area contributed by atoms with E-state index < -0.39 is 0 Å². The van der Waals surface area contributed by atoms with Gasteiger partial charge in [-0.15, -0.1) is 11.3 Å². The zero-order chi connectivity index (χ0) is 17.8. The Balaban J connectivity index is 1.51. The maximum atomic E-state index is 12.1. The molecule has 0 aliphatic heterocycles. The number of aromatic nitrogens is 2. The highest BCUT2D eigenvalue weighted by Crippen LogP contribution is 2.21. The minimum absolute atomic E-state index is 0.0594. The topological polar surface area (TPSA) is 63.5 Å². The lowest BCUT2D eigenvalue weighted by molar-refractivity contribution is -0.115. The molecule has 3 rings (SSSR count). The van der Waals surface area contributed by atoms with E-state index in [9.17, 15) is 9.59 Å². The minimum Gasteiger partial charge on any atom is -0.325 e. The molecule has 8 heteroatoms. The molecule has 1 N–H and O–H groups in total. The van der Waals surface area contributed by atoms with Gasteiger partial charge in [-0.05, 0) is 19.1 Å². The molecule has 0 bridgehead atoms. The van der Waals surface area contributed by atoms with Crippen LogP contribution in [0.25, 0.3) is 4.96 Å². The van der Waals surface area contributed by atoms with Crippen LogP contribution in [-0.4, -0.2) is 21.0 Å². The second-order valence-electron chi connectivity index (χ2n) is 5.41. The number of fused-ring (bicyclic) bond motifs is 1. The van der Waals surface area contributed by atoms with Crippen LogP contribution in [0.15, 0.2) is 40.5 Å². The lowest BCUT2D eigenvalue weighted by Gasteiger charge is -2.07. The van der Waals surface area contributed by atoms with Crippen molar-refractivity contribution in [2.45, 2.75) is 19.1 Å². The van der Waals surface area contributed by atoms with Gasteiger partial charge in [-0.2, -0.15) is 11.8 Å². The number of nitrogens with one attached hydrogen (secondary N) is 1. The molecule has 1 aromatic carbocycles. The standard InChI is InChI=1S/C17H16ClN3O2S2/c1-11-9-25-17-19-12(8-16(23)21(11)17)10-24-7-6-15(22)20-14-5-3-2-4-13(14)18/h2-5,8-9H,6-7,10H2,1H3,(H,20,22). The Morgan fingerprint density at radius 2 is 2.20 bits per heavy atom. The van der Waals surface area contributed by atoms with Gasteiger partial charge in [-0.1, -0.05) is 23.7 Å². The number of para-hydroxylation sites is 1. The van der Waals surface area contributed by atoms with Crippen LogP contribution in [0.4, 0.5) is 5.69 Å². The third kappa shape index (κ3) is 4.42. The van der Waals surface area contributed by atoms with E-state index in [-0.39, 0.29) is 11.5 Å². The van der Waals surface area contributed by atoms with Crippen LogP contribution in [0.2, 0.25) is 5.02 Å². The number of carbonyl (C=O) groups is 1. The number of hydrogen-bond donors (Lipinski definition) is 1. The fraction of sp³-hybridized carbons (Fsp3) is 0.235. The summed E-state index contributed by atoms with van der Waals surface area (Å²) in [7, 11) is 0. The first-order valence-electron chi connectivity index (χ1n) is 7.63. The van der Waals surface area contributed by atoms with E-state index in [1.165, 1.54) is 11.3 Å². The predicted octanol–water partition coefficient (Wildman–Crippen LogP) is 3.98. The van der Waals surface area contributed by atoms with Gasteiger partial charge < -0.3 is 5.32 Å². The number of amides is 1. The Labute approximate surface area is 158 Å². The first-order chi connectivity index (χ1) is 12.0. The van der Waals surface area contributed by atoms with Crippen molar-refractivity contribution in [3.63, 3.8) is 0 Å². The summed E-state index contributed by atoms with van der Waals surface area (Å²) >= 11 is 9.04. The number of thiazole rings is 1. The second kappa shape index (κ2) is 8.03. The van der Waals surface area contributed by atoms with Gasteiger partial charge in [-0.25, -0.2) is 4.98 Å². The molecule has 3 aromatic rings. The Kier molecular flexibility index (Phi) is 5.78. The Hall–Kier alpha value is -1.83. The zero-order valence-corrected chi connectivity index (χ0v) is 15.9. The van der Waals surface area contributed by atoms with Crippen LogP contribution in [0.3, 0.4) is 0 Å². The molecule has 0 aliphatic carbocycles. The van der Waals surface area contributed by atoms with Crippen molar-refractivity contribution in [1.82, 2.24) is 9.38 Å². The lowest BCUT2D eigenvalue weighted by Crippen LogP contribution is -2.15. The number of thioether (sulfide) groups is 1. The summed E-state index contributed by atoms with van der Waals surface area (Å²) in [5.41, 5.74) is 2.19. The smallest absolute Gasteiger partial charge is 0.258 e. The van der Waals surface area contributed by atoms with E-state index in [2.05, 4.69) is 10.3 Å². The highest BCUT2D eigenvalue weighted by Gasteiger charge is 2.08. The number of hydrogen-bond acceptors (Lipinski definition) is 5. The van der Waals surface area contributed by atoms with Gasteiger partial charge in [0.2, 0.25) is 5.91 Å². The van der Waals surface area contributed by atoms with Gasteiger partial charge in [0.15, 0.2) is 4.96 Å². The maximum Gasteiger partial charge on any atom is 0.258 e. The summed E-state index contributed by atoms with van der Waals surface area (Å²) in [4.78, 5) is 29.3. The molecular formula is C17H16ClN3O2S2. The molecule has 2 aromatic heterocycles. The Bertz CT molecular complexity index is 968. The van der Waals surface area contributed by atoms with E-state index in [1.54, 1.807) is 34.4 Å². The number of halogens is 1. The molecule has 2 heterocycles. The summed E-state index contributed by atoms with van der Waals surface area (Å²) in [5.74, 6) is 1.15. The molecule has 0 radical (unpaired) electrons. The molecule has 0 atom stereocenters. The van der Waals surface area contributed by atoms with Crippen LogP contribution < -0.4 is 10.9 Å². The second-order valence-corrected chi connectivity index (χ2v) is 7.76. The number of anilines is 1. The van der Waals surface area contributed by atoms with Crippen molar-refractivity contribution in [3.05, 3.63) is 62.5 Å². The van der Waals surface area contributed by atoms with Crippen molar-refractivity contribution in [2.75, 3.05) is 11.1 Å². The molecule has 5 nitrogen and oxygen atoms in total. The average Bonchev–Trinajstić information content (AvgIpc) is 2.95. The summed E-state index contributed by atoms with van der Waals surface area (Å²) < 4.78 is 1.61. The lowest BCUT2D eigenvalue weighted by atomic mass is 10.3. The molecule has 0 fully saturated rings. The van der Waals surface area contributed by atoms with Crippen molar-refractivity contribution in [1.29, 1.82) is 0 Å². The van der Waals surface area contributed by atoms with E-state index in [4.69, 9.17) is 11.6 Å². The highest BCUT2D eigenvalue weighted by molar-refractivity contribution is 7.98. The van der Waals surface area contributed by atoms with Crippen molar-refractivity contribution >= 4 is 51.3 Å². The molecule has 1 amide bonds. The summed E-state index contributed by atoms with van der Waals surface area (Å²) in [6.07, 6.45) is 0.370. The van der Waals surface area contributed by atoms with Crippen LogP contribution in [-0.2, 0) is 10.5 Å². The largest absolute Gasteiger partial charge is 0.325 e. The first-order valence-corrected chi connectivity index (χ1v) is 10.0. The van der Waals surface area contributed by atoms with Crippen LogP contribution >= 0.6 is 34.7 Å². The average molecular weight is 394 g/mol. The fourth-order valence-electron chi connectivity index (χ4n) is 2.29. The molecule has 0 unspecified atom stereocenters. The predicted molar refractivity (Wildman–Crippen MR) is 105 cm³/mol. The molecule has 0 saturated carbocycles. The molecule has 0 saturated heterocycles. The van der Waals surface area contributed by atoms with Gasteiger partial charge in [0.05, 0.1) is 16.4 Å². The van der Waals surface area contributed by atoms with Crippen molar-refractivity contribution in [3.8, 4) is 0 Å². The molecule has 25 heavy (non-hydrogen) atoms. The van der Waals surface area contributed by atoms with Gasteiger partial charge >= 0.3 is 0 Å². The van der Waals surface area contributed by atoms with Crippen molar-refractivity contribution in [2.24, 2.45) is 0 Å². The molecule has 0 aliphatic rings. The zero-order valence-electron chi connectivity index (χ0n) is 13.5. The summed E-state index contributed by atoms with van der Waals surface area (Å²) in [6, 6.07) is 8.70. The Morgan fingerprint density at radius 3 is 3.00 bits per heavy atom. The quantitative estimate of drug-likeness (QED) is 0.643. The van der Waals surface area contributed by atoms with E-state index in [0.29, 0.717) is 33.6 Å². The summed E-state index contributed by atoms with van der Waals surface area (Å²) in [5, 5.41) is 5.23. The Morgan fingerprint density at radius 1 is 1.40 bits per heavy atom. The van der Waals surface area contributed by atoms with E-state index >= 15 is 0 Å². The number of nitrogens with zero attached hydrogens (tertiary/aromatic N) is 2. The van der Waals surface area contributed by atoms with Gasteiger partial charge in [-0.3, -0.25) is 14.0 Å². The van der Waals surface area contributed by atoms with Gasteiger partial charge in [0, 0.05) is 35.1 Å². The SMILES string of the molecule is Cc1csc2nc(CSCCC(=O)Nc3ccccc3Cl)cc(=O)n12. The van der Waals surface area contributed by atoms with Gasteiger partial charge in [0.1, 0.15) is 0 Å². The molecular weight excluding hydrogens is 378 g/mol. The molecule has 130 valence electrons. The number of benzene rings is 1. The van der Waals surface area contributed by atoms with E-state index in [1.807, 2.05) is 24.4 Å². The maximum absolute atomic E-state index is 12.1. The third-order valence-electron chi connectivity index (χ3n) is 3.50. The van der Waals surface area contributed by atoms with Crippen LogP contribution in [0.1, 0.15) is 17.8 Å². The normalized spacial score (nSPS) is 11.0. The fourth-order valence-corrected chi connectivity index (χ4v) is 4.20. The first kappa shape index (κ1) is 18.0. The van der Waals surface area contributed by atoms with Crippen LogP contribution in [0, 0.1) is 6.92 Å². The highest BCUT2D eigenvalue weighted by atomic mass is 35.5. The monoisotopic (exact) mass is 393 g/mol.